The lowest BCUT2D eigenvalue weighted by atomic mass is 10.1. The van der Waals surface area contributed by atoms with Crippen LogP contribution >= 0.6 is 0 Å². The first-order valence-electron chi connectivity index (χ1n) is 6.66. The van der Waals surface area contributed by atoms with E-state index < -0.39 is 28.8 Å². The van der Waals surface area contributed by atoms with E-state index in [1.54, 1.807) is 0 Å². The first-order valence-corrected chi connectivity index (χ1v) is 8.15. The molecule has 1 aromatic heterocycles. The molecule has 1 aliphatic rings. The summed E-state index contributed by atoms with van der Waals surface area (Å²) in [5.41, 5.74) is 0.635. The van der Waals surface area contributed by atoms with Crippen molar-refractivity contribution in [2.45, 2.75) is 31.3 Å². The summed E-state index contributed by atoms with van der Waals surface area (Å²) in [7, 11) is -0.793. The first kappa shape index (κ1) is 15.5. The third kappa shape index (κ3) is 4.85. The van der Waals surface area contributed by atoms with Crippen molar-refractivity contribution < 1.29 is 18.9 Å². The van der Waals surface area contributed by atoms with Crippen molar-refractivity contribution in [3.63, 3.8) is 0 Å². The summed E-state index contributed by atoms with van der Waals surface area (Å²) in [6.07, 6.45) is 4.41. The number of imidazole rings is 1. The Hall–Kier alpha value is -1.90. The number of nitrogens with one attached hydrogen (secondary N) is 3. The molecule has 116 valence electrons. The van der Waals surface area contributed by atoms with Crippen LogP contribution in [0.5, 0.6) is 0 Å². The van der Waals surface area contributed by atoms with Gasteiger partial charge in [0.2, 0.25) is 0 Å². The number of carboxylic acids is 1. The van der Waals surface area contributed by atoms with E-state index in [4.69, 9.17) is 5.11 Å². The number of aromatic nitrogens is 2. The molecule has 0 radical (unpaired) electrons. The number of carboxylic acid groups (broad SMARTS) is 1. The van der Waals surface area contributed by atoms with Crippen molar-refractivity contribution >= 4 is 22.8 Å². The molecule has 0 saturated carbocycles. The molecule has 2 amide bonds. The van der Waals surface area contributed by atoms with Gasteiger partial charge in [-0.25, -0.2) is 14.6 Å². The molecule has 2 heterocycles. The highest BCUT2D eigenvalue weighted by molar-refractivity contribution is 7.85. The normalized spacial score (nSPS) is 23.2. The molecule has 0 bridgehead atoms. The van der Waals surface area contributed by atoms with E-state index in [-0.39, 0.29) is 12.5 Å². The van der Waals surface area contributed by atoms with Gasteiger partial charge in [0.05, 0.1) is 6.33 Å². The Morgan fingerprint density at radius 2 is 2.19 bits per heavy atom. The van der Waals surface area contributed by atoms with Crippen molar-refractivity contribution in [2.75, 3.05) is 11.5 Å². The number of rotatable bonds is 5. The second-order valence-electron chi connectivity index (χ2n) is 4.91. The van der Waals surface area contributed by atoms with Gasteiger partial charge in [0, 0.05) is 46.7 Å². The lowest BCUT2D eigenvalue weighted by Crippen LogP contribution is -2.51. The summed E-state index contributed by atoms with van der Waals surface area (Å²) >= 11 is 0. The lowest BCUT2D eigenvalue weighted by Gasteiger charge is -2.23. The van der Waals surface area contributed by atoms with Crippen LogP contribution in [0.3, 0.4) is 0 Å². The van der Waals surface area contributed by atoms with Crippen LogP contribution in [-0.4, -0.2) is 54.9 Å². The highest BCUT2D eigenvalue weighted by atomic mass is 32.2. The van der Waals surface area contributed by atoms with Crippen LogP contribution < -0.4 is 10.6 Å². The minimum Gasteiger partial charge on any atom is -0.480 e. The molecule has 0 aliphatic carbocycles. The van der Waals surface area contributed by atoms with Gasteiger partial charge in [0.1, 0.15) is 6.04 Å². The smallest absolute Gasteiger partial charge is 0.326 e. The topological polar surface area (TPSA) is 124 Å². The molecule has 9 heteroatoms. The molecule has 8 nitrogen and oxygen atoms in total. The monoisotopic (exact) mass is 314 g/mol. The molecule has 4 N–H and O–H groups in total. The fourth-order valence-electron chi connectivity index (χ4n) is 2.14. The third-order valence-corrected chi connectivity index (χ3v) is 4.69. The van der Waals surface area contributed by atoms with Crippen LogP contribution in [0.1, 0.15) is 18.5 Å². The predicted molar refractivity (Wildman–Crippen MR) is 76.3 cm³/mol. The highest BCUT2D eigenvalue weighted by Gasteiger charge is 2.24. The number of aliphatic carboxylic acids is 1. The van der Waals surface area contributed by atoms with Crippen molar-refractivity contribution in [1.29, 1.82) is 0 Å². The van der Waals surface area contributed by atoms with Gasteiger partial charge in [0.15, 0.2) is 0 Å². The number of H-pyrrole nitrogens is 1. The Kier molecular flexibility index (Phi) is 5.32. The Labute approximate surface area is 124 Å². The summed E-state index contributed by atoms with van der Waals surface area (Å²) in [5, 5.41) is 14.3. The summed E-state index contributed by atoms with van der Waals surface area (Å²) in [6, 6.07) is -1.59. The molecule has 1 aromatic rings. The second-order valence-corrected chi connectivity index (χ2v) is 6.61. The fourth-order valence-corrected chi connectivity index (χ4v) is 3.44. The van der Waals surface area contributed by atoms with E-state index in [0.29, 0.717) is 30.0 Å². The largest absolute Gasteiger partial charge is 0.480 e. The molecular formula is C12H18N4O4S. The van der Waals surface area contributed by atoms with Gasteiger partial charge < -0.3 is 20.7 Å². The average molecular weight is 314 g/mol. The van der Waals surface area contributed by atoms with E-state index in [1.807, 2.05) is 0 Å². The van der Waals surface area contributed by atoms with Crippen molar-refractivity contribution in [3.05, 3.63) is 18.2 Å². The number of aromatic amines is 1. The zero-order chi connectivity index (χ0) is 15.2. The number of amides is 2. The molecule has 1 fully saturated rings. The maximum Gasteiger partial charge on any atom is 0.326 e. The summed E-state index contributed by atoms with van der Waals surface area (Å²) in [4.78, 5) is 29.6. The SMILES string of the molecule is O=C(NC1CCS(=O)CC1)NC(Cc1cnc[nH]1)C(=O)O. The maximum absolute atomic E-state index is 11.8. The number of carbonyl (C=O) groups is 2. The zero-order valence-corrected chi connectivity index (χ0v) is 12.2. The Balaban J connectivity index is 1.83. The number of hydrogen-bond donors (Lipinski definition) is 4. The maximum atomic E-state index is 11.8. The van der Waals surface area contributed by atoms with Crippen molar-refractivity contribution in [3.8, 4) is 0 Å². The summed E-state index contributed by atoms with van der Waals surface area (Å²) < 4.78 is 11.2. The lowest BCUT2D eigenvalue weighted by molar-refractivity contribution is -0.139. The summed E-state index contributed by atoms with van der Waals surface area (Å²) in [5.74, 6) is 0.0348. The zero-order valence-electron chi connectivity index (χ0n) is 11.4. The van der Waals surface area contributed by atoms with Gasteiger partial charge in [0.25, 0.3) is 0 Å². The molecule has 1 saturated heterocycles. The van der Waals surface area contributed by atoms with Crippen LogP contribution in [0.25, 0.3) is 0 Å². The van der Waals surface area contributed by atoms with Gasteiger partial charge in [-0.2, -0.15) is 0 Å². The van der Waals surface area contributed by atoms with Crippen LogP contribution in [0.4, 0.5) is 4.79 Å². The molecular weight excluding hydrogens is 296 g/mol. The average Bonchev–Trinajstić information content (AvgIpc) is 2.93. The van der Waals surface area contributed by atoms with Crippen LogP contribution in [-0.2, 0) is 22.0 Å². The van der Waals surface area contributed by atoms with Gasteiger partial charge in [-0.15, -0.1) is 0 Å². The Bertz CT molecular complexity index is 509. The van der Waals surface area contributed by atoms with Crippen molar-refractivity contribution in [1.82, 2.24) is 20.6 Å². The van der Waals surface area contributed by atoms with E-state index in [2.05, 4.69) is 20.6 Å². The first-order chi connectivity index (χ1) is 10.0. The number of urea groups is 1. The van der Waals surface area contributed by atoms with Gasteiger partial charge in [-0.1, -0.05) is 0 Å². The minimum absolute atomic E-state index is 0.0516. The van der Waals surface area contributed by atoms with E-state index in [0.717, 1.165) is 0 Å². The Morgan fingerprint density at radius 1 is 1.48 bits per heavy atom. The van der Waals surface area contributed by atoms with E-state index >= 15 is 0 Å². The number of carbonyl (C=O) groups excluding carboxylic acids is 1. The molecule has 1 atom stereocenters. The van der Waals surface area contributed by atoms with Crippen molar-refractivity contribution in [2.24, 2.45) is 0 Å². The standard InChI is InChI=1S/C12H18N4O4S/c17-11(18)10(5-9-6-13-7-14-9)16-12(19)15-8-1-3-21(20)4-2-8/h6-8,10H,1-5H2,(H,13,14)(H,17,18)(H2,15,16,19). The Morgan fingerprint density at radius 3 is 2.76 bits per heavy atom. The van der Waals surface area contributed by atoms with Crippen LogP contribution in [0, 0.1) is 0 Å². The number of nitrogens with zero attached hydrogens (tertiary/aromatic N) is 1. The molecule has 21 heavy (non-hydrogen) atoms. The second kappa shape index (κ2) is 7.21. The highest BCUT2D eigenvalue weighted by Crippen LogP contribution is 2.09. The van der Waals surface area contributed by atoms with E-state index in [1.165, 1.54) is 12.5 Å². The fraction of sp³-hybridized carbons (Fsp3) is 0.583. The molecule has 2 rings (SSSR count). The van der Waals surface area contributed by atoms with Gasteiger partial charge >= 0.3 is 12.0 Å². The molecule has 1 aliphatic heterocycles. The molecule has 1 unspecified atom stereocenters. The number of hydrogen-bond acceptors (Lipinski definition) is 4. The minimum atomic E-state index is -1.11. The quantitative estimate of drug-likeness (QED) is 0.589. The van der Waals surface area contributed by atoms with Gasteiger partial charge in [-0.3, -0.25) is 4.21 Å². The predicted octanol–water partition coefficient (Wildman–Crippen LogP) is -0.384. The van der Waals surface area contributed by atoms with Gasteiger partial charge in [-0.05, 0) is 12.8 Å². The third-order valence-electron chi connectivity index (χ3n) is 3.31. The molecule has 0 aromatic carbocycles. The van der Waals surface area contributed by atoms with Crippen LogP contribution in [0.2, 0.25) is 0 Å². The summed E-state index contributed by atoms with van der Waals surface area (Å²) in [6.45, 7) is 0. The molecule has 0 spiro atoms. The van der Waals surface area contributed by atoms with Crippen LogP contribution in [0.15, 0.2) is 12.5 Å². The van der Waals surface area contributed by atoms with E-state index in [9.17, 15) is 13.8 Å².